The number of ether oxygens (including phenoxy) is 2. The van der Waals surface area contributed by atoms with Crippen molar-refractivity contribution in [3.05, 3.63) is 77.4 Å². The van der Waals surface area contributed by atoms with E-state index in [9.17, 15) is 9.59 Å². The zero-order valence-electron chi connectivity index (χ0n) is 14.0. The second-order valence-corrected chi connectivity index (χ2v) is 5.41. The van der Waals surface area contributed by atoms with Gasteiger partial charge in [-0.2, -0.15) is 4.98 Å². The van der Waals surface area contributed by atoms with Crippen LogP contribution in [0.5, 0.6) is 5.75 Å². The molecule has 0 aliphatic carbocycles. The quantitative estimate of drug-likeness (QED) is 0.477. The van der Waals surface area contributed by atoms with E-state index in [-0.39, 0.29) is 19.0 Å². The summed E-state index contributed by atoms with van der Waals surface area (Å²) in [5.74, 6) is 0.616. The number of esters is 1. The van der Waals surface area contributed by atoms with Crippen molar-refractivity contribution < 1.29 is 23.6 Å². The van der Waals surface area contributed by atoms with E-state index in [1.165, 1.54) is 0 Å². The summed E-state index contributed by atoms with van der Waals surface area (Å²) < 4.78 is 15.4. The van der Waals surface area contributed by atoms with Crippen LogP contribution >= 0.6 is 0 Å². The van der Waals surface area contributed by atoms with Gasteiger partial charge in [-0.3, -0.25) is 4.79 Å². The fourth-order valence-electron chi connectivity index (χ4n) is 2.16. The molecule has 0 aliphatic heterocycles. The summed E-state index contributed by atoms with van der Waals surface area (Å²) >= 11 is 0. The van der Waals surface area contributed by atoms with Gasteiger partial charge in [0.1, 0.15) is 5.75 Å². The Morgan fingerprint density at radius 2 is 1.73 bits per heavy atom. The Morgan fingerprint density at radius 1 is 1.00 bits per heavy atom. The Labute approximate surface area is 149 Å². The summed E-state index contributed by atoms with van der Waals surface area (Å²) in [6.45, 7) is 1.55. The topological polar surface area (TPSA) is 91.5 Å². The molecule has 0 saturated heterocycles. The monoisotopic (exact) mass is 352 g/mol. The molecule has 7 heteroatoms. The van der Waals surface area contributed by atoms with Crippen molar-refractivity contribution in [2.75, 3.05) is 6.61 Å². The first-order valence-corrected chi connectivity index (χ1v) is 7.89. The van der Waals surface area contributed by atoms with Crippen LogP contribution in [0.25, 0.3) is 0 Å². The summed E-state index contributed by atoms with van der Waals surface area (Å²) in [7, 11) is 0. The van der Waals surface area contributed by atoms with Crippen molar-refractivity contribution in [2.24, 2.45) is 0 Å². The lowest BCUT2D eigenvalue weighted by Gasteiger charge is -2.06. The number of ketones is 1. The SMILES string of the molecule is Cc1nc(COc2ccc(C(=O)OCC(=O)c3ccccc3)cc2)no1. The van der Waals surface area contributed by atoms with Gasteiger partial charge in [-0.05, 0) is 24.3 Å². The molecule has 0 bridgehead atoms. The van der Waals surface area contributed by atoms with Crippen molar-refractivity contribution in [3.63, 3.8) is 0 Å². The number of hydrogen-bond donors (Lipinski definition) is 0. The lowest BCUT2D eigenvalue weighted by molar-refractivity contribution is 0.0474. The van der Waals surface area contributed by atoms with Crippen LogP contribution in [-0.2, 0) is 11.3 Å². The van der Waals surface area contributed by atoms with Gasteiger partial charge in [-0.15, -0.1) is 0 Å². The van der Waals surface area contributed by atoms with E-state index in [0.29, 0.717) is 28.6 Å². The Balaban J connectivity index is 1.51. The molecule has 1 heterocycles. The molecule has 0 radical (unpaired) electrons. The number of carbonyl (C=O) groups is 2. The highest BCUT2D eigenvalue weighted by Gasteiger charge is 2.12. The predicted molar refractivity (Wildman–Crippen MR) is 90.9 cm³/mol. The van der Waals surface area contributed by atoms with Gasteiger partial charge in [0.25, 0.3) is 0 Å². The molecule has 0 saturated carbocycles. The summed E-state index contributed by atoms with van der Waals surface area (Å²) in [6, 6.07) is 15.0. The number of Topliss-reactive ketones (excluding diaryl/α,β-unsaturated/α-hetero) is 1. The maximum Gasteiger partial charge on any atom is 0.338 e. The van der Waals surface area contributed by atoms with Gasteiger partial charge < -0.3 is 14.0 Å². The highest BCUT2D eigenvalue weighted by Crippen LogP contribution is 2.14. The zero-order valence-corrected chi connectivity index (χ0v) is 14.0. The van der Waals surface area contributed by atoms with Gasteiger partial charge in [-0.1, -0.05) is 35.5 Å². The van der Waals surface area contributed by atoms with Crippen LogP contribution in [0.1, 0.15) is 32.4 Å². The van der Waals surface area contributed by atoms with Crippen molar-refractivity contribution in [2.45, 2.75) is 13.5 Å². The Kier molecular flexibility index (Phi) is 5.38. The Morgan fingerprint density at radius 3 is 2.38 bits per heavy atom. The zero-order chi connectivity index (χ0) is 18.4. The van der Waals surface area contributed by atoms with Crippen LogP contribution in [0.3, 0.4) is 0 Å². The molecule has 132 valence electrons. The minimum absolute atomic E-state index is 0.159. The first kappa shape index (κ1) is 17.3. The molecule has 2 aromatic carbocycles. The largest absolute Gasteiger partial charge is 0.485 e. The molecule has 7 nitrogen and oxygen atoms in total. The van der Waals surface area contributed by atoms with E-state index in [2.05, 4.69) is 10.1 Å². The maximum atomic E-state index is 12.0. The van der Waals surface area contributed by atoms with E-state index < -0.39 is 5.97 Å². The van der Waals surface area contributed by atoms with Crippen molar-refractivity contribution >= 4 is 11.8 Å². The molecule has 26 heavy (non-hydrogen) atoms. The molecule has 0 atom stereocenters. The van der Waals surface area contributed by atoms with E-state index >= 15 is 0 Å². The lowest BCUT2D eigenvalue weighted by atomic mass is 10.1. The number of rotatable bonds is 7. The highest BCUT2D eigenvalue weighted by atomic mass is 16.5. The normalized spacial score (nSPS) is 10.3. The van der Waals surface area contributed by atoms with Crippen molar-refractivity contribution in [3.8, 4) is 5.75 Å². The van der Waals surface area contributed by atoms with Crippen molar-refractivity contribution in [1.29, 1.82) is 0 Å². The molecule has 1 aromatic heterocycles. The van der Waals surface area contributed by atoms with Crippen molar-refractivity contribution in [1.82, 2.24) is 10.1 Å². The molecule has 0 amide bonds. The molecule has 3 aromatic rings. The second-order valence-electron chi connectivity index (χ2n) is 5.41. The minimum atomic E-state index is -0.574. The first-order chi connectivity index (χ1) is 12.6. The fourth-order valence-corrected chi connectivity index (χ4v) is 2.16. The van der Waals surface area contributed by atoms with Gasteiger partial charge in [-0.25, -0.2) is 4.79 Å². The van der Waals surface area contributed by atoms with Crippen LogP contribution in [0.4, 0.5) is 0 Å². The molecule has 0 fully saturated rings. The maximum absolute atomic E-state index is 12.0. The number of aromatic nitrogens is 2. The molecular formula is C19H16N2O5. The van der Waals surface area contributed by atoms with E-state index in [1.807, 2.05) is 6.07 Å². The number of benzene rings is 2. The van der Waals surface area contributed by atoms with Crippen LogP contribution in [0.2, 0.25) is 0 Å². The summed E-state index contributed by atoms with van der Waals surface area (Å²) in [6.07, 6.45) is 0. The van der Waals surface area contributed by atoms with E-state index in [0.717, 1.165) is 0 Å². The minimum Gasteiger partial charge on any atom is -0.485 e. The Bertz CT molecular complexity index is 888. The van der Waals surface area contributed by atoms with Gasteiger partial charge in [0.15, 0.2) is 19.0 Å². The van der Waals surface area contributed by atoms with Crippen LogP contribution in [-0.4, -0.2) is 28.5 Å². The van der Waals surface area contributed by atoms with Gasteiger partial charge in [0, 0.05) is 12.5 Å². The van der Waals surface area contributed by atoms with Gasteiger partial charge in [0.05, 0.1) is 5.56 Å². The highest BCUT2D eigenvalue weighted by molar-refractivity contribution is 5.99. The summed E-state index contributed by atoms with van der Waals surface area (Å²) in [4.78, 5) is 28.0. The van der Waals surface area contributed by atoms with Crippen LogP contribution in [0.15, 0.2) is 59.1 Å². The van der Waals surface area contributed by atoms with E-state index in [4.69, 9.17) is 14.0 Å². The number of hydrogen-bond acceptors (Lipinski definition) is 7. The fraction of sp³-hybridized carbons (Fsp3) is 0.158. The Hall–Kier alpha value is -3.48. The number of aryl methyl sites for hydroxylation is 1. The average molecular weight is 352 g/mol. The third-order valence-electron chi connectivity index (χ3n) is 3.46. The average Bonchev–Trinajstić information content (AvgIpc) is 3.10. The first-order valence-electron chi connectivity index (χ1n) is 7.89. The lowest BCUT2D eigenvalue weighted by Crippen LogP contribution is -2.14. The van der Waals surface area contributed by atoms with Crippen LogP contribution in [0, 0.1) is 6.92 Å². The molecule has 0 N–H and O–H groups in total. The van der Waals surface area contributed by atoms with Gasteiger partial charge >= 0.3 is 5.97 Å². The van der Waals surface area contributed by atoms with Crippen LogP contribution < -0.4 is 4.74 Å². The molecule has 0 unspecified atom stereocenters. The summed E-state index contributed by atoms with van der Waals surface area (Å²) in [5.41, 5.74) is 0.828. The molecule has 0 spiro atoms. The standard InChI is InChI=1S/C19H16N2O5/c1-13-20-18(21-26-13)12-24-16-9-7-15(8-10-16)19(23)25-11-17(22)14-5-3-2-4-6-14/h2-10H,11-12H2,1H3. The van der Waals surface area contributed by atoms with E-state index in [1.54, 1.807) is 55.5 Å². The smallest absolute Gasteiger partial charge is 0.338 e. The number of carbonyl (C=O) groups excluding carboxylic acids is 2. The second kappa shape index (κ2) is 8.06. The third-order valence-corrected chi connectivity index (χ3v) is 3.46. The predicted octanol–water partition coefficient (Wildman–Crippen LogP) is 3.00. The molecule has 0 aliphatic rings. The number of nitrogens with zero attached hydrogens (tertiary/aromatic N) is 2. The summed E-state index contributed by atoms with van der Waals surface area (Å²) in [5, 5.41) is 3.73. The third kappa shape index (κ3) is 4.54. The molecular weight excluding hydrogens is 336 g/mol. The van der Waals surface area contributed by atoms with Gasteiger partial charge in [0.2, 0.25) is 11.7 Å². The molecule has 3 rings (SSSR count).